The molecule has 2 heterocycles. The first-order valence-corrected chi connectivity index (χ1v) is 9.94. The molecule has 0 aliphatic carbocycles. The van der Waals surface area contributed by atoms with Gasteiger partial charge < -0.3 is 4.90 Å². The smallest absolute Gasteiger partial charge is 0.364 e. The summed E-state index contributed by atoms with van der Waals surface area (Å²) in [5.74, 6) is 0.228. The Morgan fingerprint density at radius 1 is 1.44 bits per heavy atom. The molecule has 0 amide bonds. The quantitative estimate of drug-likeness (QED) is 0.422. The van der Waals surface area contributed by atoms with Crippen LogP contribution in [0.2, 0.25) is 0 Å². The average molecular weight is 372 g/mol. The fourth-order valence-corrected chi connectivity index (χ4v) is 4.54. The lowest BCUT2D eigenvalue weighted by Crippen LogP contribution is -2.49. The highest BCUT2D eigenvalue weighted by Gasteiger charge is 2.35. The second kappa shape index (κ2) is 8.71. The summed E-state index contributed by atoms with van der Waals surface area (Å²) < 4.78 is 23.4. The van der Waals surface area contributed by atoms with Gasteiger partial charge in [0.05, 0.1) is 18.1 Å². The molecule has 140 valence electrons. The molecule has 0 aromatic carbocycles. The summed E-state index contributed by atoms with van der Waals surface area (Å²) in [4.78, 5) is 16.6. The third-order valence-electron chi connectivity index (χ3n) is 4.20. The van der Waals surface area contributed by atoms with E-state index < -0.39 is 12.7 Å². The molecule has 2 rings (SSSR count). The van der Waals surface area contributed by atoms with Gasteiger partial charge in [0.2, 0.25) is 0 Å². The van der Waals surface area contributed by atoms with Crippen LogP contribution >= 0.6 is 7.75 Å². The van der Waals surface area contributed by atoms with E-state index in [1.165, 1.54) is 12.4 Å². The van der Waals surface area contributed by atoms with Crippen molar-refractivity contribution in [2.24, 2.45) is 5.92 Å². The molecule has 1 saturated heterocycles. The number of anilines is 1. The van der Waals surface area contributed by atoms with E-state index in [1.54, 1.807) is 19.9 Å². The van der Waals surface area contributed by atoms with Gasteiger partial charge >= 0.3 is 13.4 Å². The van der Waals surface area contributed by atoms with E-state index in [9.17, 15) is 14.7 Å². The minimum atomic E-state index is -3.40. The number of rotatable bonds is 8. The normalized spacial score (nSPS) is 21.3. The van der Waals surface area contributed by atoms with E-state index in [1.807, 2.05) is 4.90 Å². The lowest BCUT2D eigenvalue weighted by Gasteiger charge is -2.39. The number of hydrogen-bond donors (Lipinski definition) is 1. The molecule has 9 nitrogen and oxygen atoms in total. The topological polar surface area (TPSA) is 107 Å². The summed E-state index contributed by atoms with van der Waals surface area (Å²) in [5.41, 5.74) is 0.481. The van der Waals surface area contributed by atoms with Gasteiger partial charge in [-0.3, -0.25) is 24.1 Å². The summed E-state index contributed by atoms with van der Waals surface area (Å²) in [6, 6.07) is 1.46. The molecule has 25 heavy (non-hydrogen) atoms. The van der Waals surface area contributed by atoms with Gasteiger partial charge in [-0.2, -0.15) is 0 Å². The van der Waals surface area contributed by atoms with Crippen LogP contribution in [0.5, 0.6) is 0 Å². The third-order valence-corrected chi connectivity index (χ3v) is 6.04. The SMILES string of the molecule is CCOP(=O)(NC1CN(c2ccncc2[N+](=O)[O-])CCC1C)OCC. The first-order valence-electron chi connectivity index (χ1n) is 8.40. The Kier molecular flexibility index (Phi) is 6.89. The van der Waals surface area contributed by atoms with E-state index >= 15 is 0 Å². The van der Waals surface area contributed by atoms with Crippen molar-refractivity contribution in [3.8, 4) is 0 Å². The lowest BCUT2D eigenvalue weighted by atomic mass is 9.94. The van der Waals surface area contributed by atoms with Crippen molar-refractivity contribution in [3.05, 3.63) is 28.6 Å². The second-order valence-electron chi connectivity index (χ2n) is 5.90. The van der Waals surface area contributed by atoms with Crippen LogP contribution < -0.4 is 9.99 Å². The monoisotopic (exact) mass is 372 g/mol. The highest BCUT2D eigenvalue weighted by Crippen LogP contribution is 2.45. The van der Waals surface area contributed by atoms with Gasteiger partial charge in [0.15, 0.2) is 0 Å². The van der Waals surface area contributed by atoms with Crippen LogP contribution in [-0.4, -0.2) is 42.3 Å². The summed E-state index contributed by atoms with van der Waals surface area (Å²) >= 11 is 0. The lowest BCUT2D eigenvalue weighted by molar-refractivity contribution is -0.384. The van der Waals surface area contributed by atoms with Gasteiger partial charge in [-0.1, -0.05) is 6.92 Å². The van der Waals surface area contributed by atoms with Crippen molar-refractivity contribution in [1.82, 2.24) is 10.1 Å². The van der Waals surface area contributed by atoms with Crippen molar-refractivity contribution < 1.29 is 18.5 Å². The van der Waals surface area contributed by atoms with E-state index in [2.05, 4.69) is 17.0 Å². The van der Waals surface area contributed by atoms with Gasteiger partial charge in [-0.25, -0.2) is 9.65 Å². The molecule has 0 saturated carbocycles. The zero-order valence-electron chi connectivity index (χ0n) is 14.8. The summed E-state index contributed by atoms with van der Waals surface area (Å²) in [6.45, 7) is 7.25. The standard InChI is InChI=1S/C15H25N4O5P/c1-4-23-25(22,24-5-2)17-13-11-18(9-7-12(13)3)14-6-8-16-10-15(14)19(20)21/h6,8,10,12-13H,4-5,7,9,11H2,1-3H3,(H,17,22). The van der Waals surface area contributed by atoms with E-state index in [0.29, 0.717) is 18.8 Å². The van der Waals surface area contributed by atoms with Crippen LogP contribution in [0.3, 0.4) is 0 Å². The molecule has 2 atom stereocenters. The van der Waals surface area contributed by atoms with E-state index in [-0.39, 0.29) is 30.9 Å². The molecule has 10 heteroatoms. The Labute approximate surface area is 147 Å². The Morgan fingerprint density at radius 2 is 2.12 bits per heavy atom. The van der Waals surface area contributed by atoms with Gasteiger partial charge in [-0.05, 0) is 32.3 Å². The highest BCUT2D eigenvalue weighted by molar-refractivity contribution is 7.51. The van der Waals surface area contributed by atoms with Crippen LogP contribution in [0.15, 0.2) is 18.5 Å². The van der Waals surface area contributed by atoms with Crippen LogP contribution in [0.1, 0.15) is 27.2 Å². The van der Waals surface area contributed by atoms with E-state index in [0.717, 1.165) is 6.42 Å². The molecule has 0 spiro atoms. The molecule has 0 radical (unpaired) electrons. The third kappa shape index (κ3) is 4.98. The van der Waals surface area contributed by atoms with Crippen LogP contribution in [0.25, 0.3) is 0 Å². The van der Waals surface area contributed by atoms with E-state index in [4.69, 9.17) is 9.05 Å². The summed E-state index contributed by atoms with van der Waals surface area (Å²) in [7, 11) is -3.40. The first-order chi connectivity index (χ1) is 11.9. The molecule has 1 aromatic rings. The zero-order chi connectivity index (χ0) is 18.4. The molecule has 1 fully saturated rings. The maximum Gasteiger partial charge on any atom is 0.405 e. The molecule has 2 unspecified atom stereocenters. The fourth-order valence-electron chi connectivity index (χ4n) is 2.90. The molecular formula is C15H25N4O5P. The van der Waals surface area contributed by atoms with Gasteiger partial charge in [0.1, 0.15) is 11.9 Å². The molecule has 1 aliphatic rings. The van der Waals surface area contributed by atoms with Crippen molar-refractivity contribution in [2.45, 2.75) is 33.2 Å². The largest absolute Gasteiger partial charge is 0.405 e. The number of piperidine rings is 1. The maximum atomic E-state index is 12.8. The number of nitrogens with one attached hydrogen (secondary N) is 1. The number of hydrogen-bond acceptors (Lipinski definition) is 7. The first kappa shape index (κ1) is 19.8. The predicted octanol–water partition coefficient (Wildman–Crippen LogP) is 2.98. The zero-order valence-corrected chi connectivity index (χ0v) is 15.6. The van der Waals surface area contributed by atoms with Crippen molar-refractivity contribution in [3.63, 3.8) is 0 Å². The summed E-state index contributed by atoms with van der Waals surface area (Å²) in [6.07, 6.45) is 3.59. The number of pyridine rings is 1. The molecule has 1 aliphatic heterocycles. The van der Waals surface area contributed by atoms with Gasteiger partial charge in [0, 0.05) is 25.3 Å². The molecule has 0 bridgehead atoms. The van der Waals surface area contributed by atoms with Crippen LogP contribution in [-0.2, 0) is 13.6 Å². The highest BCUT2D eigenvalue weighted by atomic mass is 31.2. The predicted molar refractivity (Wildman–Crippen MR) is 94.7 cm³/mol. The van der Waals surface area contributed by atoms with Gasteiger partial charge in [-0.15, -0.1) is 0 Å². The van der Waals surface area contributed by atoms with Gasteiger partial charge in [0.25, 0.3) is 0 Å². The maximum absolute atomic E-state index is 12.8. The van der Waals surface area contributed by atoms with Crippen molar-refractivity contribution >= 4 is 19.1 Å². The number of aromatic nitrogens is 1. The number of nitrogens with zero attached hydrogens (tertiary/aromatic N) is 3. The second-order valence-corrected chi connectivity index (χ2v) is 7.67. The van der Waals surface area contributed by atoms with Crippen molar-refractivity contribution in [2.75, 3.05) is 31.2 Å². The minimum Gasteiger partial charge on any atom is -0.364 e. The van der Waals surface area contributed by atoms with Crippen LogP contribution in [0.4, 0.5) is 11.4 Å². The molecule has 1 N–H and O–H groups in total. The molecular weight excluding hydrogens is 347 g/mol. The Bertz CT molecular complexity index is 634. The Morgan fingerprint density at radius 3 is 2.72 bits per heavy atom. The summed E-state index contributed by atoms with van der Waals surface area (Å²) in [5, 5.41) is 14.3. The van der Waals surface area contributed by atoms with Crippen molar-refractivity contribution in [1.29, 1.82) is 0 Å². The number of nitro groups is 1. The fraction of sp³-hybridized carbons (Fsp3) is 0.667. The molecule has 1 aromatic heterocycles. The minimum absolute atomic E-state index is 0.0337. The van der Waals surface area contributed by atoms with Crippen LogP contribution in [0, 0.1) is 16.0 Å². The Balaban J connectivity index is 2.19. The Hall–Kier alpha value is -1.54. The average Bonchev–Trinajstić information content (AvgIpc) is 2.57.